The van der Waals surface area contributed by atoms with Crippen LogP contribution in [0.2, 0.25) is 0 Å². The minimum atomic E-state index is -0.790. The Balaban J connectivity index is 1.23. The average Bonchev–Trinajstić information content (AvgIpc) is 3.70. The number of hydrogen-bond donors (Lipinski definition) is 6. The lowest BCUT2D eigenvalue weighted by Gasteiger charge is -2.48. The average molecular weight is 613 g/mol. The van der Waals surface area contributed by atoms with Crippen molar-refractivity contribution in [3.63, 3.8) is 0 Å². The number of nitrogens with one attached hydrogen (secondary N) is 5. The normalized spacial score (nSPS) is 24.1. The quantitative estimate of drug-likeness (QED) is 0.137. The minimum Gasteiger partial charge on any atom is -0.508 e. The van der Waals surface area contributed by atoms with Crippen molar-refractivity contribution in [2.75, 3.05) is 11.9 Å². The summed E-state index contributed by atoms with van der Waals surface area (Å²) in [5.41, 5.74) is 2.48. The number of phenolic OH excluding ortho intramolecular Hbond substituents is 1. The number of phenols is 1. The Morgan fingerprint density at radius 3 is 2.49 bits per heavy atom. The number of hydrogen-bond acceptors (Lipinski definition) is 7. The van der Waals surface area contributed by atoms with Gasteiger partial charge < -0.3 is 26.0 Å². The number of para-hydroxylation sites is 1. The Bertz CT molecular complexity index is 1570. The fourth-order valence-corrected chi connectivity index (χ4v) is 7.94. The van der Waals surface area contributed by atoms with E-state index in [1.807, 2.05) is 24.4 Å². The maximum Gasteiger partial charge on any atom is 0.263 e. The van der Waals surface area contributed by atoms with Gasteiger partial charge in [0.25, 0.3) is 5.95 Å². The molecule has 2 aromatic heterocycles. The molecule has 0 spiro atoms. The van der Waals surface area contributed by atoms with Crippen molar-refractivity contribution in [2.45, 2.75) is 77.3 Å². The molecule has 2 saturated carbocycles. The van der Waals surface area contributed by atoms with E-state index < -0.39 is 11.5 Å². The first-order chi connectivity index (χ1) is 21.8. The molecule has 0 radical (unpaired) electrons. The van der Waals surface area contributed by atoms with Gasteiger partial charge in [0.15, 0.2) is 0 Å². The van der Waals surface area contributed by atoms with Crippen molar-refractivity contribution in [2.24, 2.45) is 23.2 Å². The highest BCUT2D eigenvalue weighted by molar-refractivity contribution is 5.91. The fraction of sp³-hybridized carbons (Fsp3) is 0.500. The summed E-state index contributed by atoms with van der Waals surface area (Å²) in [4.78, 5) is 31.7. The predicted molar refractivity (Wildman–Crippen MR) is 172 cm³/mol. The highest BCUT2D eigenvalue weighted by Crippen LogP contribution is 2.52. The summed E-state index contributed by atoms with van der Waals surface area (Å²) in [7, 11) is 0. The third-order valence-corrected chi connectivity index (χ3v) is 9.99. The number of nitrogens with zero attached hydrogens (tertiary/aromatic N) is 3. The van der Waals surface area contributed by atoms with E-state index in [9.17, 15) is 14.7 Å². The molecule has 11 nitrogen and oxygen atoms in total. The van der Waals surface area contributed by atoms with Crippen molar-refractivity contribution in [3.05, 3.63) is 65.9 Å². The molecule has 4 atom stereocenters. The summed E-state index contributed by atoms with van der Waals surface area (Å²) >= 11 is 0. The monoisotopic (exact) mass is 612 g/mol. The molecule has 0 aliphatic heterocycles. The Hall–Kier alpha value is -4.41. The lowest BCUT2D eigenvalue weighted by molar-refractivity contribution is -0.140. The summed E-state index contributed by atoms with van der Waals surface area (Å²) < 4.78 is 0. The van der Waals surface area contributed by atoms with E-state index in [0.717, 1.165) is 41.3 Å². The number of benzene rings is 2. The molecule has 238 valence electrons. The second kappa shape index (κ2) is 13.3. The van der Waals surface area contributed by atoms with Gasteiger partial charge in [0, 0.05) is 35.5 Å². The Morgan fingerprint density at radius 2 is 1.78 bits per heavy atom. The predicted octanol–water partition coefficient (Wildman–Crippen LogP) is 4.50. The molecule has 4 aromatic rings. The number of tetrazole rings is 1. The Kier molecular flexibility index (Phi) is 9.04. The topological polar surface area (TPSA) is 161 Å². The lowest BCUT2D eigenvalue weighted by Crippen LogP contribution is -2.56. The second-order valence-corrected chi connectivity index (χ2v) is 13.4. The van der Waals surface area contributed by atoms with E-state index >= 15 is 0 Å². The highest BCUT2D eigenvalue weighted by Gasteiger charge is 2.47. The van der Waals surface area contributed by atoms with Gasteiger partial charge in [-0.1, -0.05) is 49.3 Å². The van der Waals surface area contributed by atoms with Crippen LogP contribution in [0.5, 0.6) is 5.75 Å². The van der Waals surface area contributed by atoms with Crippen LogP contribution >= 0.6 is 0 Å². The van der Waals surface area contributed by atoms with Crippen LogP contribution in [0.1, 0.15) is 63.5 Å². The number of carbonyl (C=O) groups excluding carboxylic acids is 2. The Morgan fingerprint density at radius 1 is 1.02 bits per heavy atom. The standard InChI is InChI=1S/C34H44N8O3/c1-3-34(17-23-12-21(2)13-24(14-23)18-34)32(45)38-30(15-22-8-10-27(43)11-9-22)31(44)37-26(20-36-33-39-41-42-40-33)16-25-19-35-29-7-5-4-6-28(25)29/h4-11,19,21,23-24,26,30,35,43H,3,12-18,20H2,1-2H3,(H,37,44)(H,38,45)(H2,36,39,40,41,42)/t21?,23?,24?,26-,30-,34?/m0/s1. The number of aromatic amines is 2. The van der Waals surface area contributed by atoms with Crippen LogP contribution in [0, 0.1) is 23.2 Å². The summed E-state index contributed by atoms with van der Waals surface area (Å²) in [5, 5.41) is 34.6. The summed E-state index contributed by atoms with van der Waals surface area (Å²) in [6, 6.07) is 13.7. The van der Waals surface area contributed by atoms with Gasteiger partial charge in [-0.05, 0) is 97.2 Å². The molecule has 6 N–H and O–H groups in total. The van der Waals surface area contributed by atoms with Crippen LogP contribution in [0.15, 0.2) is 54.7 Å². The van der Waals surface area contributed by atoms with E-state index in [2.05, 4.69) is 61.5 Å². The van der Waals surface area contributed by atoms with Gasteiger partial charge in [0.05, 0.1) is 6.04 Å². The van der Waals surface area contributed by atoms with Crippen molar-refractivity contribution < 1.29 is 14.7 Å². The third kappa shape index (κ3) is 7.13. The number of aromatic nitrogens is 5. The first-order valence-electron chi connectivity index (χ1n) is 16.2. The molecular formula is C34H44N8O3. The maximum absolute atomic E-state index is 14.2. The molecule has 2 fully saturated rings. The van der Waals surface area contributed by atoms with Gasteiger partial charge >= 0.3 is 0 Å². The number of rotatable bonds is 12. The minimum absolute atomic E-state index is 0.0220. The summed E-state index contributed by atoms with van der Waals surface area (Å²) in [6.07, 6.45) is 8.88. The molecule has 2 heterocycles. The van der Waals surface area contributed by atoms with Gasteiger partial charge in [0.1, 0.15) is 11.8 Å². The van der Waals surface area contributed by atoms with Crippen molar-refractivity contribution >= 4 is 28.7 Å². The summed E-state index contributed by atoms with van der Waals surface area (Å²) in [6.45, 7) is 4.79. The fourth-order valence-electron chi connectivity index (χ4n) is 7.94. The maximum atomic E-state index is 14.2. The molecule has 45 heavy (non-hydrogen) atoms. The first kappa shape index (κ1) is 30.6. The van der Waals surface area contributed by atoms with Crippen molar-refractivity contribution in [1.82, 2.24) is 36.2 Å². The van der Waals surface area contributed by atoms with Gasteiger partial charge in [-0.25, -0.2) is 0 Å². The van der Waals surface area contributed by atoms with E-state index in [1.165, 1.54) is 19.3 Å². The number of amides is 2. The molecule has 2 amide bonds. The first-order valence-corrected chi connectivity index (χ1v) is 16.2. The molecule has 2 aromatic carbocycles. The molecule has 2 aliphatic rings. The zero-order chi connectivity index (χ0) is 31.4. The van der Waals surface area contributed by atoms with E-state index in [1.54, 1.807) is 24.3 Å². The summed E-state index contributed by atoms with van der Waals surface area (Å²) in [5.74, 6) is 2.03. The zero-order valence-electron chi connectivity index (χ0n) is 26.1. The molecule has 6 rings (SSSR count). The smallest absolute Gasteiger partial charge is 0.263 e. The number of H-pyrrole nitrogens is 2. The van der Waals surface area contributed by atoms with Crippen molar-refractivity contribution in [1.29, 1.82) is 0 Å². The molecule has 0 saturated heterocycles. The number of anilines is 1. The highest BCUT2D eigenvalue weighted by atomic mass is 16.3. The molecule has 2 unspecified atom stereocenters. The molecule has 2 aliphatic carbocycles. The molecule has 2 bridgehead atoms. The van der Waals surface area contributed by atoms with Crippen LogP contribution in [-0.2, 0) is 22.4 Å². The number of fused-ring (bicyclic) bond motifs is 3. The lowest BCUT2D eigenvalue weighted by atomic mass is 9.57. The largest absolute Gasteiger partial charge is 0.508 e. The second-order valence-electron chi connectivity index (χ2n) is 13.4. The van der Waals surface area contributed by atoms with E-state index in [-0.39, 0.29) is 23.6 Å². The van der Waals surface area contributed by atoms with Crippen LogP contribution in [0.25, 0.3) is 10.9 Å². The van der Waals surface area contributed by atoms with E-state index in [4.69, 9.17) is 0 Å². The van der Waals surface area contributed by atoms with Crippen LogP contribution < -0.4 is 16.0 Å². The van der Waals surface area contributed by atoms with Crippen LogP contribution in [0.4, 0.5) is 5.95 Å². The SMILES string of the molecule is CCC1(C(=O)N[C@@H](Cc2ccc(O)cc2)C(=O)N[C@H](CNc2nn[nH]n2)Cc2c[nH]c3ccccc23)CC2CC(C)CC(C2)C1. The van der Waals surface area contributed by atoms with Crippen LogP contribution in [0.3, 0.4) is 0 Å². The van der Waals surface area contributed by atoms with Gasteiger partial charge in [-0.2, -0.15) is 5.21 Å². The van der Waals surface area contributed by atoms with Gasteiger partial charge in [-0.15, -0.1) is 5.10 Å². The van der Waals surface area contributed by atoms with Gasteiger partial charge in [0.2, 0.25) is 11.8 Å². The van der Waals surface area contributed by atoms with Crippen molar-refractivity contribution in [3.8, 4) is 5.75 Å². The molecular weight excluding hydrogens is 568 g/mol. The number of aromatic hydroxyl groups is 1. The number of carbonyl (C=O) groups is 2. The Labute approximate surface area is 263 Å². The molecule has 11 heteroatoms. The zero-order valence-corrected chi connectivity index (χ0v) is 26.1. The van der Waals surface area contributed by atoms with Crippen LogP contribution in [-0.4, -0.2) is 61.2 Å². The third-order valence-electron chi connectivity index (χ3n) is 9.99. The van der Waals surface area contributed by atoms with E-state index in [0.29, 0.717) is 43.1 Å². The van der Waals surface area contributed by atoms with Gasteiger partial charge in [-0.3, -0.25) is 9.59 Å².